The summed E-state index contributed by atoms with van der Waals surface area (Å²) in [5.74, 6) is -0.568. The molecule has 0 radical (unpaired) electrons. The van der Waals surface area contributed by atoms with Crippen LogP contribution in [0.2, 0.25) is 0 Å². The lowest BCUT2D eigenvalue weighted by atomic mass is 10.1. The van der Waals surface area contributed by atoms with E-state index in [1.807, 2.05) is 0 Å². The van der Waals surface area contributed by atoms with E-state index in [1.165, 1.54) is 12.1 Å². The lowest BCUT2D eigenvalue weighted by molar-refractivity contribution is -0.132. The van der Waals surface area contributed by atoms with Crippen molar-refractivity contribution in [2.75, 3.05) is 31.3 Å². The summed E-state index contributed by atoms with van der Waals surface area (Å²) in [5.41, 5.74) is 7.14. The zero-order valence-electron chi connectivity index (χ0n) is 10.7. The van der Waals surface area contributed by atoms with Gasteiger partial charge in [0.25, 0.3) is 5.91 Å². The van der Waals surface area contributed by atoms with Gasteiger partial charge in [-0.15, -0.1) is 0 Å². The van der Waals surface area contributed by atoms with E-state index < -0.39 is 25.0 Å². The highest BCUT2D eigenvalue weighted by Crippen LogP contribution is 2.22. The molecule has 0 unspecified atom stereocenters. The van der Waals surface area contributed by atoms with Crippen LogP contribution < -0.4 is 16.0 Å². The highest BCUT2D eigenvalue weighted by atomic mass is 19.4. The molecule has 0 saturated carbocycles. The second-order valence-corrected chi connectivity index (χ2v) is 4.29. The summed E-state index contributed by atoms with van der Waals surface area (Å²) in [5, 5.41) is 2.20. The Hall–Kier alpha value is -1.92. The maximum absolute atomic E-state index is 11.9. The number of halogens is 3. The van der Waals surface area contributed by atoms with Crippen LogP contribution in [-0.4, -0.2) is 32.7 Å². The molecule has 0 aliphatic carbocycles. The van der Waals surface area contributed by atoms with E-state index in [4.69, 9.17) is 5.73 Å². The number of nitrogens with two attached hydrogens (primary N) is 1. The lowest BCUT2D eigenvalue weighted by Gasteiger charge is -2.16. The first-order valence-corrected chi connectivity index (χ1v) is 5.62. The van der Waals surface area contributed by atoms with Crippen LogP contribution in [0.25, 0.3) is 0 Å². The number of benzene rings is 1. The minimum absolute atomic E-state index is 0.241. The van der Waals surface area contributed by atoms with E-state index in [1.54, 1.807) is 25.1 Å². The largest absolute Gasteiger partial charge is 0.397 e. The van der Waals surface area contributed by atoms with Crippen molar-refractivity contribution in [1.29, 1.82) is 0 Å². The Balaban J connectivity index is 2.66. The third-order valence-corrected chi connectivity index (χ3v) is 2.47. The van der Waals surface area contributed by atoms with E-state index in [9.17, 15) is 18.0 Å². The zero-order chi connectivity index (χ0) is 14.6. The maximum Gasteiger partial charge on any atom is 0.390 e. The van der Waals surface area contributed by atoms with E-state index in [0.29, 0.717) is 5.69 Å². The summed E-state index contributed by atoms with van der Waals surface area (Å²) in [7, 11) is 3.60. The summed E-state index contributed by atoms with van der Waals surface area (Å²) in [6.07, 6.45) is -5.33. The molecule has 0 heterocycles. The van der Waals surface area contributed by atoms with Gasteiger partial charge in [-0.05, 0) is 18.2 Å². The number of rotatable bonds is 4. The molecule has 106 valence electrons. The van der Waals surface area contributed by atoms with Gasteiger partial charge >= 0.3 is 6.18 Å². The quantitative estimate of drug-likeness (QED) is 0.826. The van der Waals surface area contributed by atoms with Crippen molar-refractivity contribution in [3.8, 4) is 0 Å². The molecule has 1 aromatic carbocycles. The van der Waals surface area contributed by atoms with Crippen molar-refractivity contribution in [1.82, 2.24) is 5.32 Å². The fourth-order valence-electron chi connectivity index (χ4n) is 1.52. The molecule has 7 heteroatoms. The molecule has 0 atom stereocenters. The molecule has 3 N–H and O–H groups in total. The molecule has 0 bridgehead atoms. The Morgan fingerprint density at radius 2 is 2.00 bits per heavy atom. The number of carbonyl (C=O) groups excluding carboxylic acids is 1. The van der Waals surface area contributed by atoms with Crippen molar-refractivity contribution in [2.24, 2.45) is 0 Å². The van der Waals surface area contributed by atoms with E-state index in [0.717, 1.165) is 5.69 Å². The van der Waals surface area contributed by atoms with Crippen LogP contribution in [0.3, 0.4) is 0 Å². The van der Waals surface area contributed by atoms with Gasteiger partial charge in [-0.3, -0.25) is 4.79 Å². The number of amides is 1. The average Bonchev–Trinajstić information content (AvgIpc) is 2.26. The third-order valence-electron chi connectivity index (χ3n) is 2.47. The van der Waals surface area contributed by atoms with Crippen LogP contribution in [0.5, 0.6) is 0 Å². The maximum atomic E-state index is 11.9. The van der Waals surface area contributed by atoms with Crippen LogP contribution >= 0.6 is 0 Å². The van der Waals surface area contributed by atoms with Crippen LogP contribution in [0.4, 0.5) is 24.5 Å². The van der Waals surface area contributed by atoms with E-state index >= 15 is 0 Å². The molecule has 1 aromatic rings. The van der Waals surface area contributed by atoms with Gasteiger partial charge in [0.15, 0.2) is 0 Å². The minimum Gasteiger partial charge on any atom is -0.397 e. The van der Waals surface area contributed by atoms with Gasteiger partial charge in [-0.1, -0.05) is 0 Å². The van der Waals surface area contributed by atoms with Gasteiger partial charge in [0, 0.05) is 26.2 Å². The molecule has 19 heavy (non-hydrogen) atoms. The predicted octanol–water partition coefficient (Wildman–Crippen LogP) is 2.02. The number of nitrogens with zero attached hydrogens (tertiary/aromatic N) is 1. The third kappa shape index (κ3) is 4.69. The predicted molar refractivity (Wildman–Crippen MR) is 68.2 cm³/mol. The summed E-state index contributed by atoms with van der Waals surface area (Å²) < 4.78 is 35.8. The van der Waals surface area contributed by atoms with E-state index in [-0.39, 0.29) is 5.56 Å². The van der Waals surface area contributed by atoms with Crippen molar-refractivity contribution < 1.29 is 18.0 Å². The Bertz CT molecular complexity index is 458. The summed E-state index contributed by atoms with van der Waals surface area (Å²) in [4.78, 5) is 13.4. The van der Waals surface area contributed by atoms with Crippen LogP contribution in [-0.2, 0) is 0 Å². The van der Waals surface area contributed by atoms with Crippen LogP contribution in [0.15, 0.2) is 18.2 Å². The first-order chi connectivity index (χ1) is 8.70. The summed E-state index contributed by atoms with van der Waals surface area (Å²) in [6, 6.07) is 4.61. The molecule has 0 spiro atoms. The highest BCUT2D eigenvalue weighted by Gasteiger charge is 2.26. The van der Waals surface area contributed by atoms with Gasteiger partial charge in [-0.25, -0.2) is 0 Å². The van der Waals surface area contributed by atoms with Gasteiger partial charge < -0.3 is 16.0 Å². The molecule has 0 aliphatic rings. The van der Waals surface area contributed by atoms with Gasteiger partial charge in [0.05, 0.1) is 17.8 Å². The molecule has 1 rings (SSSR count). The number of alkyl halides is 3. The summed E-state index contributed by atoms with van der Waals surface area (Å²) in [6.45, 7) is -0.447. The number of hydrogen-bond donors (Lipinski definition) is 2. The Morgan fingerprint density at radius 1 is 1.37 bits per heavy atom. The number of hydrogen-bond acceptors (Lipinski definition) is 3. The Kier molecular flexibility index (Phi) is 4.63. The van der Waals surface area contributed by atoms with Crippen molar-refractivity contribution in [3.05, 3.63) is 23.8 Å². The number of carbonyl (C=O) groups is 1. The number of nitrogen functional groups attached to an aromatic ring is 1. The first-order valence-electron chi connectivity index (χ1n) is 5.62. The fourth-order valence-corrected chi connectivity index (χ4v) is 1.52. The van der Waals surface area contributed by atoms with Crippen molar-refractivity contribution >= 4 is 17.3 Å². The molecule has 1 amide bonds. The molecular formula is C12H16F3N3O. The Morgan fingerprint density at radius 3 is 2.47 bits per heavy atom. The second kappa shape index (κ2) is 5.81. The van der Waals surface area contributed by atoms with E-state index in [2.05, 4.69) is 5.32 Å². The zero-order valence-corrected chi connectivity index (χ0v) is 10.7. The van der Waals surface area contributed by atoms with Gasteiger partial charge in [0.2, 0.25) is 0 Å². The van der Waals surface area contributed by atoms with Gasteiger partial charge in [-0.2, -0.15) is 13.2 Å². The second-order valence-electron chi connectivity index (χ2n) is 4.29. The molecule has 4 nitrogen and oxygen atoms in total. The van der Waals surface area contributed by atoms with Gasteiger partial charge in [0.1, 0.15) is 0 Å². The van der Waals surface area contributed by atoms with Crippen LogP contribution in [0, 0.1) is 0 Å². The molecule has 0 aromatic heterocycles. The van der Waals surface area contributed by atoms with Crippen molar-refractivity contribution in [2.45, 2.75) is 12.6 Å². The minimum atomic E-state index is -4.28. The lowest BCUT2D eigenvalue weighted by Crippen LogP contribution is -2.28. The topological polar surface area (TPSA) is 58.4 Å². The SMILES string of the molecule is CN(C)c1ccc(C(=O)NCCC(F)(F)F)cc1N. The number of anilines is 2. The van der Waals surface area contributed by atoms with Crippen molar-refractivity contribution in [3.63, 3.8) is 0 Å². The first kappa shape index (κ1) is 15.1. The summed E-state index contributed by atoms with van der Waals surface area (Å²) >= 11 is 0. The fraction of sp³-hybridized carbons (Fsp3) is 0.417. The Labute approximate surface area is 109 Å². The number of nitrogens with one attached hydrogen (secondary N) is 1. The molecular weight excluding hydrogens is 259 g/mol. The molecule has 0 fully saturated rings. The standard InChI is InChI=1S/C12H16F3N3O/c1-18(2)10-4-3-8(7-9(10)16)11(19)17-6-5-12(13,14)15/h3-4,7H,5-6,16H2,1-2H3,(H,17,19). The highest BCUT2D eigenvalue weighted by molar-refractivity contribution is 5.96. The smallest absolute Gasteiger partial charge is 0.390 e. The normalized spacial score (nSPS) is 11.2. The monoisotopic (exact) mass is 275 g/mol. The average molecular weight is 275 g/mol. The molecule has 0 aliphatic heterocycles. The molecule has 0 saturated heterocycles. The van der Waals surface area contributed by atoms with Crippen LogP contribution in [0.1, 0.15) is 16.8 Å².